The van der Waals surface area contributed by atoms with Gasteiger partial charge in [-0.3, -0.25) is 14.4 Å². The molecule has 0 aromatic heterocycles. The van der Waals surface area contributed by atoms with E-state index in [1.165, 1.54) is 7.11 Å². The molecule has 3 rings (SSSR count). The van der Waals surface area contributed by atoms with Crippen LogP contribution in [0.4, 0.5) is 11.4 Å². The summed E-state index contributed by atoms with van der Waals surface area (Å²) in [7, 11) is 1.54. The van der Waals surface area contributed by atoms with Gasteiger partial charge >= 0.3 is 5.97 Å². The quantitative estimate of drug-likeness (QED) is 0.801. The number of para-hydroxylation sites is 2. The number of carboxylic acid groups (broad SMARTS) is 1. The summed E-state index contributed by atoms with van der Waals surface area (Å²) in [5.74, 6) is -1.95. The summed E-state index contributed by atoms with van der Waals surface area (Å²) in [6.07, 6.45) is 0.106. The number of hydrogen-bond donors (Lipinski definition) is 2. The number of carboxylic acids is 1. The second kappa shape index (κ2) is 8.12. The molecular weight excluding hydrogens is 360 g/mol. The van der Waals surface area contributed by atoms with Crippen LogP contribution in [0.2, 0.25) is 0 Å². The highest BCUT2D eigenvalue weighted by Crippen LogP contribution is 2.33. The van der Waals surface area contributed by atoms with E-state index in [-0.39, 0.29) is 24.8 Å². The largest absolute Gasteiger partial charge is 0.495 e. The van der Waals surface area contributed by atoms with Crippen LogP contribution in [-0.4, -0.2) is 36.5 Å². The predicted molar refractivity (Wildman–Crippen MR) is 105 cm³/mol. The Balaban J connectivity index is 1.72. The van der Waals surface area contributed by atoms with Crippen molar-refractivity contribution in [3.8, 4) is 5.75 Å². The van der Waals surface area contributed by atoms with Gasteiger partial charge in [-0.15, -0.1) is 0 Å². The molecule has 0 radical (unpaired) electrons. The fourth-order valence-corrected chi connectivity index (χ4v) is 3.24. The van der Waals surface area contributed by atoms with Gasteiger partial charge in [-0.25, -0.2) is 0 Å². The average molecular weight is 382 g/mol. The predicted octanol–water partition coefficient (Wildman–Crippen LogP) is 2.87. The number of anilines is 2. The lowest BCUT2D eigenvalue weighted by Crippen LogP contribution is -2.28. The molecule has 28 heavy (non-hydrogen) atoms. The molecule has 7 nitrogen and oxygen atoms in total. The third kappa shape index (κ3) is 3.98. The molecule has 1 fully saturated rings. The Kier molecular flexibility index (Phi) is 5.63. The molecule has 0 bridgehead atoms. The van der Waals surface area contributed by atoms with E-state index in [0.717, 1.165) is 0 Å². The molecule has 0 saturated carbocycles. The van der Waals surface area contributed by atoms with Crippen molar-refractivity contribution < 1.29 is 24.2 Å². The number of ether oxygens (including phenoxy) is 1. The lowest BCUT2D eigenvalue weighted by atomic mass is 10.0. The van der Waals surface area contributed by atoms with Crippen molar-refractivity contribution in [3.63, 3.8) is 0 Å². The number of nitrogens with one attached hydrogen (secondary N) is 1. The average Bonchev–Trinajstić information content (AvgIpc) is 3.09. The highest BCUT2D eigenvalue weighted by atomic mass is 16.5. The standard InChI is InChI=1S/C21H22N2O5/c1-13(21(26)27)14-6-5-7-16(10-14)22-20(25)15-11-19(24)23(12-15)17-8-3-4-9-18(17)28-2/h3-10,13,15H,11-12H2,1-2H3,(H,22,25)(H,26,27). The Bertz CT molecular complexity index is 911. The van der Waals surface area contributed by atoms with Crippen LogP contribution in [0.15, 0.2) is 48.5 Å². The molecule has 2 aromatic rings. The number of nitrogens with zero attached hydrogens (tertiary/aromatic N) is 1. The monoisotopic (exact) mass is 382 g/mol. The Morgan fingerprint density at radius 2 is 1.96 bits per heavy atom. The van der Waals surface area contributed by atoms with E-state index < -0.39 is 17.8 Å². The van der Waals surface area contributed by atoms with E-state index in [0.29, 0.717) is 22.7 Å². The number of carbonyl (C=O) groups excluding carboxylic acids is 2. The van der Waals surface area contributed by atoms with Crippen molar-refractivity contribution in [1.82, 2.24) is 0 Å². The molecule has 146 valence electrons. The fourth-order valence-electron chi connectivity index (χ4n) is 3.24. The summed E-state index contributed by atoms with van der Waals surface area (Å²) >= 11 is 0. The normalized spacial score (nSPS) is 17.3. The van der Waals surface area contributed by atoms with Gasteiger partial charge in [0.25, 0.3) is 0 Å². The van der Waals surface area contributed by atoms with Gasteiger partial charge < -0.3 is 20.1 Å². The first kappa shape index (κ1) is 19.4. The Morgan fingerprint density at radius 3 is 2.68 bits per heavy atom. The van der Waals surface area contributed by atoms with Gasteiger partial charge in [0.2, 0.25) is 11.8 Å². The summed E-state index contributed by atoms with van der Waals surface area (Å²) in [6, 6.07) is 13.9. The zero-order valence-corrected chi connectivity index (χ0v) is 15.7. The molecule has 2 aromatic carbocycles. The minimum Gasteiger partial charge on any atom is -0.495 e. The van der Waals surface area contributed by atoms with Crippen LogP contribution < -0.4 is 15.0 Å². The number of aliphatic carboxylic acids is 1. The van der Waals surface area contributed by atoms with Crippen LogP contribution in [0, 0.1) is 5.92 Å². The smallest absolute Gasteiger partial charge is 0.310 e. The SMILES string of the molecule is COc1ccccc1N1CC(C(=O)Nc2cccc(C(C)C(=O)O)c2)CC1=O. The molecule has 2 atom stereocenters. The Hall–Kier alpha value is -3.35. The van der Waals surface area contributed by atoms with Gasteiger partial charge in [-0.05, 0) is 36.8 Å². The molecule has 1 aliphatic heterocycles. The molecule has 0 aliphatic carbocycles. The van der Waals surface area contributed by atoms with Crippen molar-refractivity contribution >= 4 is 29.2 Å². The molecule has 2 amide bonds. The van der Waals surface area contributed by atoms with Gasteiger partial charge in [0, 0.05) is 18.7 Å². The summed E-state index contributed by atoms with van der Waals surface area (Å²) in [6.45, 7) is 1.85. The lowest BCUT2D eigenvalue weighted by molar-refractivity contribution is -0.138. The van der Waals surface area contributed by atoms with Crippen molar-refractivity contribution in [2.45, 2.75) is 19.3 Å². The fraction of sp³-hybridized carbons (Fsp3) is 0.286. The Labute approximate surface area is 162 Å². The molecule has 2 unspecified atom stereocenters. The van der Waals surface area contributed by atoms with Crippen LogP contribution in [0.5, 0.6) is 5.75 Å². The van der Waals surface area contributed by atoms with Crippen molar-refractivity contribution in [3.05, 3.63) is 54.1 Å². The third-order valence-electron chi connectivity index (χ3n) is 4.90. The van der Waals surface area contributed by atoms with Crippen LogP contribution in [0.1, 0.15) is 24.8 Å². The van der Waals surface area contributed by atoms with Crippen molar-refractivity contribution in [1.29, 1.82) is 0 Å². The zero-order chi connectivity index (χ0) is 20.3. The van der Waals surface area contributed by atoms with Gasteiger partial charge in [-0.1, -0.05) is 24.3 Å². The number of rotatable bonds is 6. The first-order chi connectivity index (χ1) is 13.4. The summed E-state index contributed by atoms with van der Waals surface area (Å²) in [4.78, 5) is 37.8. The third-order valence-corrected chi connectivity index (χ3v) is 4.90. The topological polar surface area (TPSA) is 95.9 Å². The number of hydrogen-bond acceptors (Lipinski definition) is 4. The van der Waals surface area contributed by atoms with Crippen LogP contribution in [0.3, 0.4) is 0 Å². The molecule has 1 aliphatic rings. The van der Waals surface area contributed by atoms with Gasteiger partial charge in [0.1, 0.15) is 5.75 Å². The van der Waals surface area contributed by atoms with Crippen LogP contribution >= 0.6 is 0 Å². The second-order valence-corrected chi connectivity index (χ2v) is 6.75. The van der Waals surface area contributed by atoms with E-state index in [9.17, 15) is 14.4 Å². The van der Waals surface area contributed by atoms with Crippen LogP contribution in [-0.2, 0) is 14.4 Å². The van der Waals surface area contributed by atoms with Crippen LogP contribution in [0.25, 0.3) is 0 Å². The number of methoxy groups -OCH3 is 1. The number of benzene rings is 2. The van der Waals surface area contributed by atoms with Gasteiger partial charge in [-0.2, -0.15) is 0 Å². The zero-order valence-electron chi connectivity index (χ0n) is 15.7. The summed E-state index contributed by atoms with van der Waals surface area (Å²) in [5, 5.41) is 11.9. The van der Waals surface area contributed by atoms with E-state index >= 15 is 0 Å². The van der Waals surface area contributed by atoms with Crippen molar-refractivity contribution in [2.24, 2.45) is 5.92 Å². The van der Waals surface area contributed by atoms with Gasteiger partial charge in [0.15, 0.2) is 0 Å². The number of carbonyl (C=O) groups is 3. The summed E-state index contributed by atoms with van der Waals surface area (Å²) < 4.78 is 5.31. The molecule has 2 N–H and O–H groups in total. The minimum atomic E-state index is -0.933. The van der Waals surface area contributed by atoms with Gasteiger partial charge in [0.05, 0.1) is 24.6 Å². The molecule has 0 spiro atoms. The Morgan fingerprint density at radius 1 is 1.21 bits per heavy atom. The lowest BCUT2D eigenvalue weighted by Gasteiger charge is -2.19. The maximum atomic E-state index is 12.7. The van der Waals surface area contributed by atoms with E-state index in [1.54, 1.807) is 48.2 Å². The first-order valence-corrected chi connectivity index (χ1v) is 8.97. The van der Waals surface area contributed by atoms with Crippen molar-refractivity contribution in [2.75, 3.05) is 23.9 Å². The molecule has 7 heteroatoms. The maximum absolute atomic E-state index is 12.7. The highest BCUT2D eigenvalue weighted by Gasteiger charge is 2.36. The van der Waals surface area contributed by atoms with E-state index in [4.69, 9.17) is 9.84 Å². The number of amides is 2. The second-order valence-electron chi connectivity index (χ2n) is 6.75. The first-order valence-electron chi connectivity index (χ1n) is 8.97. The van der Waals surface area contributed by atoms with E-state index in [2.05, 4.69) is 5.32 Å². The molecule has 1 saturated heterocycles. The minimum absolute atomic E-state index is 0.106. The summed E-state index contributed by atoms with van der Waals surface area (Å²) in [5.41, 5.74) is 1.75. The highest BCUT2D eigenvalue weighted by molar-refractivity contribution is 6.04. The maximum Gasteiger partial charge on any atom is 0.310 e. The van der Waals surface area contributed by atoms with E-state index in [1.807, 2.05) is 12.1 Å². The molecular formula is C21H22N2O5. The molecule has 1 heterocycles.